The third-order valence-electron chi connectivity index (χ3n) is 4.01. The van der Waals surface area contributed by atoms with Gasteiger partial charge in [0.2, 0.25) is 0 Å². The van der Waals surface area contributed by atoms with Crippen molar-refractivity contribution in [1.82, 2.24) is 4.90 Å². The molecule has 0 aromatic carbocycles. The number of hydrogen-bond donors (Lipinski definition) is 1. The number of rotatable bonds is 3. The molecule has 0 radical (unpaired) electrons. The van der Waals surface area contributed by atoms with Crippen molar-refractivity contribution in [3.05, 3.63) is 0 Å². The fraction of sp³-hybridized carbons (Fsp3) is 0.923. The maximum atomic E-state index is 11.3. The molecule has 4 heteroatoms. The number of aliphatic hydroxyl groups excluding tert-OH is 1. The van der Waals surface area contributed by atoms with Crippen LogP contribution < -0.4 is 0 Å². The molecular weight excluding hydrogens is 218 g/mol. The van der Waals surface area contributed by atoms with Crippen molar-refractivity contribution in [2.75, 3.05) is 19.7 Å². The van der Waals surface area contributed by atoms with Crippen LogP contribution in [0, 0.1) is 5.92 Å². The van der Waals surface area contributed by atoms with E-state index < -0.39 is 12.1 Å². The van der Waals surface area contributed by atoms with Gasteiger partial charge in [-0.05, 0) is 45.7 Å². The number of fused-ring (bicyclic) bond motifs is 1. The Hall–Kier alpha value is -0.610. The van der Waals surface area contributed by atoms with Gasteiger partial charge < -0.3 is 9.84 Å². The molecule has 1 N–H and O–H groups in total. The monoisotopic (exact) mass is 241 g/mol. The van der Waals surface area contributed by atoms with Gasteiger partial charge in [0.25, 0.3) is 0 Å². The minimum absolute atomic E-state index is 0.465. The van der Waals surface area contributed by atoms with E-state index in [1.54, 1.807) is 0 Å². The van der Waals surface area contributed by atoms with E-state index in [0.717, 1.165) is 6.42 Å². The van der Waals surface area contributed by atoms with E-state index in [0.29, 0.717) is 18.6 Å². The zero-order valence-electron chi connectivity index (χ0n) is 10.6. The highest BCUT2D eigenvalue weighted by Gasteiger charge is 2.33. The van der Waals surface area contributed by atoms with Crippen molar-refractivity contribution in [2.24, 2.45) is 5.92 Å². The van der Waals surface area contributed by atoms with Crippen LogP contribution >= 0.6 is 0 Å². The number of hydrogen-bond acceptors (Lipinski definition) is 4. The van der Waals surface area contributed by atoms with Gasteiger partial charge in [-0.25, -0.2) is 4.79 Å². The van der Waals surface area contributed by atoms with Crippen LogP contribution in [0.4, 0.5) is 0 Å². The van der Waals surface area contributed by atoms with Crippen LogP contribution in [0.1, 0.15) is 39.0 Å². The van der Waals surface area contributed by atoms with Gasteiger partial charge in [0.15, 0.2) is 0 Å². The normalized spacial score (nSPS) is 31.6. The molecule has 0 bridgehead atoms. The largest absolute Gasteiger partial charge is 0.463 e. The zero-order chi connectivity index (χ0) is 12.3. The summed E-state index contributed by atoms with van der Waals surface area (Å²) in [4.78, 5) is 13.8. The Morgan fingerprint density at radius 3 is 2.88 bits per heavy atom. The number of aliphatic hydroxyl groups is 1. The first-order valence-electron chi connectivity index (χ1n) is 6.77. The summed E-state index contributed by atoms with van der Waals surface area (Å²) in [5.41, 5.74) is 0. The quantitative estimate of drug-likeness (QED) is 0.754. The number of esters is 1. The smallest absolute Gasteiger partial charge is 0.334 e. The lowest BCUT2D eigenvalue weighted by Gasteiger charge is -2.44. The van der Waals surface area contributed by atoms with Gasteiger partial charge in [-0.2, -0.15) is 0 Å². The summed E-state index contributed by atoms with van der Waals surface area (Å²) in [6, 6.07) is 0.597. The topological polar surface area (TPSA) is 49.8 Å². The third-order valence-corrected chi connectivity index (χ3v) is 4.01. The highest BCUT2D eigenvalue weighted by molar-refractivity contribution is 5.73. The average molecular weight is 241 g/mol. The lowest BCUT2D eigenvalue weighted by molar-refractivity contribution is -0.155. The van der Waals surface area contributed by atoms with E-state index in [9.17, 15) is 4.79 Å². The van der Waals surface area contributed by atoms with Gasteiger partial charge in [0, 0.05) is 12.0 Å². The maximum absolute atomic E-state index is 11.3. The maximum Gasteiger partial charge on any atom is 0.334 e. The van der Waals surface area contributed by atoms with Gasteiger partial charge in [0.05, 0.1) is 6.61 Å². The van der Waals surface area contributed by atoms with Gasteiger partial charge in [-0.15, -0.1) is 0 Å². The van der Waals surface area contributed by atoms with E-state index in [-0.39, 0.29) is 0 Å². The number of ether oxygens (including phenoxy) is 1. The summed E-state index contributed by atoms with van der Waals surface area (Å²) in [5.74, 6) is -0.0234. The van der Waals surface area contributed by atoms with Gasteiger partial charge in [-0.3, -0.25) is 4.90 Å². The van der Waals surface area contributed by atoms with Crippen LogP contribution in [-0.4, -0.2) is 47.8 Å². The van der Waals surface area contributed by atoms with Gasteiger partial charge in [-0.1, -0.05) is 6.42 Å². The molecule has 2 rings (SSSR count). The van der Waals surface area contributed by atoms with Crippen molar-refractivity contribution in [2.45, 2.75) is 51.2 Å². The van der Waals surface area contributed by atoms with Gasteiger partial charge >= 0.3 is 5.97 Å². The lowest BCUT2D eigenvalue weighted by atomic mass is 9.84. The average Bonchev–Trinajstić information content (AvgIpc) is 2.35. The summed E-state index contributed by atoms with van der Waals surface area (Å²) in [6.45, 7) is 4.33. The Balaban J connectivity index is 1.84. The standard InChI is InChI=1S/C13H23NO3/c1-10(15)13(16)17-9-11-5-4-8-14-7-3-2-6-12(11)14/h10-12,15H,2-9H2,1H3/t10-,11-,12-/m1/s1. The Morgan fingerprint density at radius 1 is 1.35 bits per heavy atom. The van der Waals surface area contributed by atoms with Crippen LogP contribution in [0.5, 0.6) is 0 Å². The second-order valence-corrected chi connectivity index (χ2v) is 5.31. The fourth-order valence-electron chi connectivity index (χ4n) is 3.08. The van der Waals surface area contributed by atoms with Crippen LogP contribution in [-0.2, 0) is 9.53 Å². The van der Waals surface area contributed by atoms with E-state index >= 15 is 0 Å². The van der Waals surface area contributed by atoms with Crippen LogP contribution in [0.25, 0.3) is 0 Å². The van der Waals surface area contributed by atoms with Crippen molar-refractivity contribution in [3.8, 4) is 0 Å². The molecule has 0 unspecified atom stereocenters. The molecule has 0 saturated carbocycles. The Morgan fingerprint density at radius 2 is 2.12 bits per heavy atom. The van der Waals surface area contributed by atoms with Crippen molar-refractivity contribution >= 4 is 5.97 Å². The minimum atomic E-state index is -0.999. The number of carbonyl (C=O) groups excluding carboxylic acids is 1. The fourth-order valence-corrected chi connectivity index (χ4v) is 3.08. The van der Waals surface area contributed by atoms with Gasteiger partial charge in [0.1, 0.15) is 6.10 Å². The molecule has 2 heterocycles. The van der Waals surface area contributed by atoms with Crippen molar-refractivity contribution in [3.63, 3.8) is 0 Å². The molecular formula is C13H23NO3. The van der Waals surface area contributed by atoms with E-state index in [1.807, 2.05) is 0 Å². The number of nitrogens with zero attached hydrogens (tertiary/aromatic N) is 1. The van der Waals surface area contributed by atoms with E-state index in [1.165, 1.54) is 45.7 Å². The first-order chi connectivity index (χ1) is 8.18. The van der Waals surface area contributed by atoms with Crippen LogP contribution in [0.2, 0.25) is 0 Å². The Bertz CT molecular complexity index is 265. The predicted molar refractivity (Wildman–Crippen MR) is 64.6 cm³/mol. The first-order valence-corrected chi connectivity index (χ1v) is 6.77. The molecule has 0 spiro atoms. The zero-order valence-corrected chi connectivity index (χ0v) is 10.6. The molecule has 2 saturated heterocycles. The summed E-state index contributed by atoms with van der Waals surface area (Å²) in [5, 5.41) is 9.10. The number of carbonyl (C=O) groups is 1. The lowest BCUT2D eigenvalue weighted by Crippen LogP contribution is -2.49. The molecule has 0 aliphatic carbocycles. The molecule has 4 nitrogen and oxygen atoms in total. The first kappa shape index (κ1) is 12.8. The second kappa shape index (κ2) is 5.83. The molecule has 2 aliphatic heterocycles. The summed E-state index contributed by atoms with van der Waals surface area (Å²) < 4.78 is 5.18. The third kappa shape index (κ3) is 3.19. The molecule has 17 heavy (non-hydrogen) atoms. The highest BCUT2D eigenvalue weighted by Crippen LogP contribution is 2.30. The molecule has 0 aromatic rings. The molecule has 2 fully saturated rings. The van der Waals surface area contributed by atoms with Crippen molar-refractivity contribution in [1.29, 1.82) is 0 Å². The molecule has 3 atom stereocenters. The molecule has 0 aromatic heterocycles. The second-order valence-electron chi connectivity index (χ2n) is 5.31. The van der Waals surface area contributed by atoms with Crippen LogP contribution in [0.3, 0.4) is 0 Å². The van der Waals surface area contributed by atoms with E-state index in [2.05, 4.69) is 4.90 Å². The SMILES string of the molecule is C[C@@H](O)C(=O)OC[C@H]1CCCN2CCCC[C@H]12. The Labute approximate surface area is 103 Å². The number of piperidine rings is 2. The molecule has 2 aliphatic rings. The predicted octanol–water partition coefficient (Wildman–Crippen LogP) is 1.17. The molecule has 98 valence electrons. The Kier molecular flexibility index (Phi) is 4.40. The highest BCUT2D eigenvalue weighted by atomic mass is 16.5. The summed E-state index contributed by atoms with van der Waals surface area (Å²) in [6.07, 6.45) is 5.18. The summed E-state index contributed by atoms with van der Waals surface area (Å²) >= 11 is 0. The van der Waals surface area contributed by atoms with Crippen molar-refractivity contribution < 1.29 is 14.6 Å². The molecule has 0 amide bonds. The van der Waals surface area contributed by atoms with Crippen LogP contribution in [0.15, 0.2) is 0 Å². The minimum Gasteiger partial charge on any atom is -0.463 e. The summed E-state index contributed by atoms with van der Waals surface area (Å²) in [7, 11) is 0. The van der Waals surface area contributed by atoms with E-state index in [4.69, 9.17) is 9.84 Å².